The molecule has 6 heterocycles. The Bertz CT molecular complexity index is 4890. The summed E-state index contributed by atoms with van der Waals surface area (Å²) in [6, 6.07) is 48.7. The Morgan fingerprint density at radius 3 is 0.800 bits per heavy atom. The van der Waals surface area contributed by atoms with Crippen molar-refractivity contribution in [3.63, 3.8) is 0 Å². The fourth-order valence-corrected chi connectivity index (χ4v) is 13.3. The first-order chi connectivity index (χ1) is 50.5. The van der Waals surface area contributed by atoms with Crippen LogP contribution in [0.25, 0.3) is 47.6 Å². The standard InChI is InChI=1S/2C38H31BF2N4.2CHCl3.2Ag.2BF4/c2*1-24-18-25(2)35(26(3)19-24)36-37-27(4)20-33(16-14-29-6-10-31(22-42)11-7-29)44(37)39(40,41)45-34(21-28(5)38(36)45)17-15-30-8-12-32(23-43)13-9-30;2*2-1(3)4;;;2*2-1(3,4)5/h2*6-21H,1-5H3;2*1H;;;;/q;;;;2*+1;2*-1/b2*16-14+,17-15+;;;;;;. The van der Waals surface area contributed by atoms with E-state index in [9.17, 15) is 34.5 Å². The SMILES string of the molecule is CC1=CC(/C=C/c2ccc(C#N)cc2)=[N+]2C1=C(c1c(C)cc(C)cc1C)c1c(C)cc(/C=C/c3ccc(C#N)cc3)n1[B-]2(F)F.CC1=CC(/C=C/c2ccc(C#N)cc2)=[N+]2C1=C(c1c(C)cc(C)cc1C)c1c(C)cc(/C=C/c3ccc(C#N)cc3)n1[B-]2(F)F.ClC(Cl)Cl.ClC(Cl)Cl.F[B-](F)(F)F.F[B-](F)(F)F.[Ag+].[Ag+]. The Kier molecular flexibility index (Phi) is 33.0. The maximum atomic E-state index is 17.2. The van der Waals surface area contributed by atoms with Crippen LogP contribution in [0.4, 0.5) is 51.8 Å². The molecule has 4 aliphatic heterocycles. The van der Waals surface area contributed by atoms with Crippen LogP contribution in [0.5, 0.6) is 0 Å². The molecule has 12 rings (SSSR count). The number of alkyl halides is 6. The van der Waals surface area contributed by atoms with Gasteiger partial charge in [-0.1, -0.05) is 166 Å². The molecule has 0 saturated heterocycles. The molecule has 0 fully saturated rings. The molecular formula is C78H64Ag2B4Cl6F12N8. The van der Waals surface area contributed by atoms with E-state index < -0.39 is 37.0 Å². The van der Waals surface area contributed by atoms with Crippen molar-refractivity contribution in [1.29, 1.82) is 21.0 Å². The Hall–Kier alpha value is -8.26. The van der Waals surface area contributed by atoms with Crippen LogP contribution in [0, 0.1) is 101 Å². The third kappa shape index (κ3) is 23.4. The molecule has 0 radical (unpaired) electrons. The first kappa shape index (κ1) is 92.3. The molecule has 0 amide bonds. The van der Waals surface area contributed by atoms with Crippen LogP contribution < -0.4 is 0 Å². The van der Waals surface area contributed by atoms with E-state index in [1.54, 1.807) is 146 Å². The molecule has 0 unspecified atom stereocenters. The summed E-state index contributed by atoms with van der Waals surface area (Å²) < 4.78 is 150. The van der Waals surface area contributed by atoms with Gasteiger partial charge in [0.15, 0.2) is 31.4 Å². The number of fused-ring (bicyclic) bond motifs is 4. The normalized spacial score (nSPS) is 14.3. The van der Waals surface area contributed by atoms with Gasteiger partial charge in [0.2, 0.25) is 0 Å². The summed E-state index contributed by atoms with van der Waals surface area (Å²) in [5, 5.41) is 36.6. The number of aryl methyl sites for hydroxylation is 8. The van der Waals surface area contributed by atoms with Gasteiger partial charge in [0.25, 0.3) is 0 Å². The Balaban J connectivity index is 0.000000318. The van der Waals surface area contributed by atoms with E-state index >= 15 is 17.3 Å². The summed E-state index contributed by atoms with van der Waals surface area (Å²) in [5.41, 5.74) is 22.0. The Morgan fingerprint density at radius 1 is 0.364 bits per heavy atom. The number of aromatic nitrogens is 2. The number of halogens is 18. The average Bonchev–Trinajstić information content (AvgIpc) is 1.52. The van der Waals surface area contributed by atoms with Gasteiger partial charge < -0.3 is 69.7 Å². The summed E-state index contributed by atoms with van der Waals surface area (Å²) in [6.45, 7) is 11.2. The monoisotopic (exact) mass is 1810 g/mol. The number of hydrogen-bond donors (Lipinski definition) is 0. The minimum absolute atomic E-state index is 0. The van der Waals surface area contributed by atoms with Crippen molar-refractivity contribution in [3.8, 4) is 24.3 Å². The van der Waals surface area contributed by atoms with Crippen molar-refractivity contribution in [2.45, 2.75) is 77.8 Å². The molecule has 110 heavy (non-hydrogen) atoms. The third-order valence-corrected chi connectivity index (χ3v) is 17.0. The quantitative estimate of drug-likeness (QED) is 0.0771. The minimum atomic E-state index is -6.00. The second-order valence-corrected chi connectivity index (χ2v) is 29.1. The van der Waals surface area contributed by atoms with Crippen LogP contribution in [0.15, 0.2) is 180 Å². The maximum absolute atomic E-state index is 17.2. The molecule has 8 aromatic rings. The average molecular weight is 1810 g/mol. The van der Waals surface area contributed by atoms with Gasteiger partial charge >= 0.3 is 73.2 Å². The van der Waals surface area contributed by atoms with Gasteiger partial charge in [0.1, 0.15) is 0 Å². The topological polar surface area (TPSA) is 111 Å². The van der Waals surface area contributed by atoms with E-state index in [0.717, 1.165) is 100 Å². The van der Waals surface area contributed by atoms with Gasteiger partial charge in [-0.15, -0.1) is 0 Å². The van der Waals surface area contributed by atoms with E-state index in [1.165, 1.54) is 17.9 Å². The zero-order valence-corrected chi connectivity index (χ0v) is 67.4. The fraction of sp³-hybridized carbons (Fsp3) is 0.154. The molecule has 32 heteroatoms. The summed E-state index contributed by atoms with van der Waals surface area (Å²) in [4.78, 5) is 0. The summed E-state index contributed by atoms with van der Waals surface area (Å²) in [7, 11) is -12.0. The molecule has 0 saturated carbocycles. The summed E-state index contributed by atoms with van der Waals surface area (Å²) >= 11 is 28.8. The number of hydrogen-bond acceptors (Lipinski definition) is 4. The van der Waals surface area contributed by atoms with Crippen molar-refractivity contribution in [2.75, 3.05) is 0 Å². The minimum Gasteiger partial charge on any atom is -0.418 e. The predicted molar refractivity (Wildman–Crippen MR) is 420 cm³/mol. The molecule has 0 bridgehead atoms. The van der Waals surface area contributed by atoms with E-state index in [4.69, 9.17) is 90.7 Å². The van der Waals surface area contributed by atoms with Crippen molar-refractivity contribution in [1.82, 2.24) is 8.96 Å². The van der Waals surface area contributed by atoms with E-state index in [1.807, 2.05) is 93.5 Å². The zero-order chi connectivity index (χ0) is 80.2. The second-order valence-electron chi connectivity index (χ2n) is 25.1. The summed E-state index contributed by atoms with van der Waals surface area (Å²) in [6.07, 6.45) is 17.8. The Labute approximate surface area is 692 Å². The van der Waals surface area contributed by atoms with Gasteiger partial charge in [-0.25, -0.2) is 0 Å². The number of nitriles is 4. The van der Waals surface area contributed by atoms with Crippen LogP contribution >= 0.6 is 69.6 Å². The zero-order valence-electron chi connectivity index (χ0n) is 59.9. The van der Waals surface area contributed by atoms with Gasteiger partial charge in [-0.3, -0.25) is 0 Å². The summed E-state index contributed by atoms with van der Waals surface area (Å²) in [5.74, 6) is 0. The first-order valence-electron chi connectivity index (χ1n) is 32.7. The smallest absolute Gasteiger partial charge is 0.418 e. The van der Waals surface area contributed by atoms with Gasteiger partial charge in [0, 0.05) is 58.2 Å². The molecule has 0 spiro atoms. The van der Waals surface area contributed by atoms with Crippen molar-refractivity contribution in [3.05, 3.63) is 303 Å². The van der Waals surface area contributed by atoms with E-state index in [-0.39, 0.29) is 44.8 Å². The second kappa shape index (κ2) is 39.3. The number of nitrogens with zero attached hydrogens (tertiary/aromatic N) is 8. The number of rotatable bonds is 10. The first-order valence-corrected chi connectivity index (χ1v) is 35.3. The van der Waals surface area contributed by atoms with Crippen LogP contribution in [-0.2, 0) is 44.8 Å². The van der Waals surface area contributed by atoms with Crippen LogP contribution in [0.1, 0.15) is 137 Å². The molecular weight excluding hydrogens is 1750 g/mol. The van der Waals surface area contributed by atoms with E-state index in [2.05, 4.69) is 48.5 Å². The molecule has 4 aliphatic rings. The fourth-order valence-electron chi connectivity index (χ4n) is 13.3. The third-order valence-electron chi connectivity index (χ3n) is 17.0. The van der Waals surface area contributed by atoms with Crippen LogP contribution in [-0.4, -0.2) is 66.4 Å². The number of benzene rings is 6. The predicted octanol–water partition coefficient (Wildman–Crippen LogP) is 24.1. The van der Waals surface area contributed by atoms with Gasteiger partial charge in [0.05, 0.1) is 57.7 Å². The number of allylic oxidation sites excluding steroid dienone is 6. The Morgan fingerprint density at radius 2 is 0.582 bits per heavy atom. The molecule has 0 atom stereocenters. The van der Waals surface area contributed by atoms with Crippen molar-refractivity contribution in [2.24, 2.45) is 0 Å². The largest absolute Gasteiger partial charge is 1.00 e. The molecule has 0 aliphatic carbocycles. The molecule has 576 valence electrons. The van der Waals surface area contributed by atoms with Crippen molar-refractivity contribution < 1.29 is 106 Å². The van der Waals surface area contributed by atoms with Crippen LogP contribution in [0.3, 0.4) is 0 Å². The van der Waals surface area contributed by atoms with Crippen LogP contribution in [0.2, 0.25) is 0 Å². The van der Waals surface area contributed by atoms with Crippen molar-refractivity contribution >= 4 is 157 Å². The molecule has 0 N–H and O–H groups in total. The maximum Gasteiger partial charge on any atom is 1.00 e. The van der Waals surface area contributed by atoms with E-state index in [0.29, 0.717) is 67.8 Å². The molecule has 2 aromatic heterocycles. The molecule has 6 aromatic carbocycles. The van der Waals surface area contributed by atoms with Gasteiger partial charge in [-0.2, -0.15) is 21.0 Å². The van der Waals surface area contributed by atoms with Gasteiger partial charge in [-0.05, 0) is 221 Å². The molecule has 8 nitrogen and oxygen atoms in total.